The standard InChI is InChI=1S/C37H66O8/c1-3-4-5-6-7-8-9-14-17-31(39)35-24-25-36(45-35)33(41)22-21-32(40)34-23-20-30(44-34)16-13-11-10-12-15-29(38)19-18-28-26-27(2)43-37(28)42/h26-27,29-36,38-41H,3-25H2,1-2H3/t27-,29+,30+,31+,32+,33-,34-,35+,36+/m1/s1. The largest absolute Gasteiger partial charge is 0.455 e. The molecule has 3 heterocycles. The zero-order chi connectivity index (χ0) is 32.4. The third-order valence-electron chi connectivity index (χ3n) is 10.2. The Kier molecular flexibility index (Phi) is 18.6. The summed E-state index contributed by atoms with van der Waals surface area (Å²) in [5.74, 6) is -0.246. The van der Waals surface area contributed by atoms with E-state index in [1.807, 2.05) is 13.0 Å². The van der Waals surface area contributed by atoms with Crippen molar-refractivity contribution in [3.05, 3.63) is 11.6 Å². The summed E-state index contributed by atoms with van der Waals surface area (Å²) in [5.41, 5.74) is 0.689. The third-order valence-corrected chi connectivity index (χ3v) is 10.2. The van der Waals surface area contributed by atoms with Crippen molar-refractivity contribution in [2.24, 2.45) is 0 Å². The summed E-state index contributed by atoms with van der Waals surface area (Å²) in [5, 5.41) is 42.4. The van der Waals surface area contributed by atoms with Gasteiger partial charge in [0.25, 0.3) is 0 Å². The molecule has 2 saturated heterocycles. The maximum atomic E-state index is 11.7. The molecule has 0 radical (unpaired) electrons. The van der Waals surface area contributed by atoms with E-state index in [9.17, 15) is 25.2 Å². The molecule has 2 fully saturated rings. The zero-order valence-corrected chi connectivity index (χ0v) is 28.5. The minimum atomic E-state index is -0.629. The highest BCUT2D eigenvalue weighted by atomic mass is 16.5. The number of cyclic esters (lactones) is 1. The van der Waals surface area contributed by atoms with Gasteiger partial charge in [-0.2, -0.15) is 0 Å². The summed E-state index contributed by atoms with van der Waals surface area (Å²) >= 11 is 0. The number of unbranched alkanes of at least 4 members (excludes halogenated alkanes) is 10. The first-order chi connectivity index (χ1) is 21.8. The molecule has 0 aliphatic carbocycles. The van der Waals surface area contributed by atoms with E-state index in [1.54, 1.807) is 0 Å². The lowest BCUT2D eigenvalue weighted by molar-refractivity contribution is -0.139. The highest BCUT2D eigenvalue weighted by Crippen LogP contribution is 2.31. The first-order valence-corrected chi connectivity index (χ1v) is 18.7. The normalized spacial score (nSPS) is 27.8. The van der Waals surface area contributed by atoms with Gasteiger partial charge in [0.15, 0.2) is 0 Å². The molecule has 0 saturated carbocycles. The molecule has 0 spiro atoms. The second kappa shape index (κ2) is 21.8. The van der Waals surface area contributed by atoms with Crippen molar-refractivity contribution in [2.45, 2.75) is 216 Å². The Bertz CT molecular complexity index is 833. The van der Waals surface area contributed by atoms with Crippen LogP contribution in [0.15, 0.2) is 11.6 Å². The Morgan fingerprint density at radius 2 is 1.20 bits per heavy atom. The summed E-state index contributed by atoms with van der Waals surface area (Å²) in [7, 11) is 0. The molecule has 0 aromatic carbocycles. The maximum absolute atomic E-state index is 11.7. The van der Waals surface area contributed by atoms with Crippen molar-refractivity contribution in [3.8, 4) is 0 Å². The monoisotopic (exact) mass is 638 g/mol. The molecule has 0 aromatic heterocycles. The Labute approximate surface area is 273 Å². The quantitative estimate of drug-likeness (QED) is 0.0634. The number of rotatable bonds is 25. The van der Waals surface area contributed by atoms with Crippen LogP contribution >= 0.6 is 0 Å². The predicted molar refractivity (Wildman–Crippen MR) is 177 cm³/mol. The minimum absolute atomic E-state index is 0.152. The number of carbonyl (C=O) groups excluding carboxylic acids is 1. The first-order valence-electron chi connectivity index (χ1n) is 18.7. The van der Waals surface area contributed by atoms with Gasteiger partial charge >= 0.3 is 5.97 Å². The molecule has 8 nitrogen and oxygen atoms in total. The van der Waals surface area contributed by atoms with E-state index in [1.165, 1.54) is 38.5 Å². The molecule has 3 rings (SSSR count). The van der Waals surface area contributed by atoms with Gasteiger partial charge in [0, 0.05) is 5.57 Å². The summed E-state index contributed by atoms with van der Waals surface area (Å²) in [6.07, 6.45) is 21.4. The zero-order valence-electron chi connectivity index (χ0n) is 28.5. The van der Waals surface area contributed by atoms with Crippen LogP contribution in [0.3, 0.4) is 0 Å². The van der Waals surface area contributed by atoms with Gasteiger partial charge in [-0.05, 0) is 83.6 Å². The van der Waals surface area contributed by atoms with E-state index in [0.717, 1.165) is 83.5 Å². The molecular formula is C37H66O8. The average Bonchev–Trinajstić information content (AvgIpc) is 3.78. The number of ether oxygens (including phenoxy) is 3. The van der Waals surface area contributed by atoms with Crippen molar-refractivity contribution in [2.75, 3.05) is 0 Å². The first kappa shape index (κ1) is 38.4. The number of carbonyl (C=O) groups is 1. The molecular weight excluding hydrogens is 572 g/mol. The van der Waals surface area contributed by atoms with Crippen molar-refractivity contribution in [1.29, 1.82) is 0 Å². The Morgan fingerprint density at radius 1 is 0.667 bits per heavy atom. The van der Waals surface area contributed by atoms with Crippen molar-refractivity contribution < 1.29 is 39.4 Å². The number of esters is 1. The van der Waals surface area contributed by atoms with Crippen LogP contribution in [0.25, 0.3) is 0 Å². The molecule has 262 valence electrons. The Morgan fingerprint density at radius 3 is 1.82 bits per heavy atom. The summed E-state index contributed by atoms with van der Waals surface area (Å²) in [6, 6.07) is 0. The van der Waals surface area contributed by atoms with E-state index in [0.29, 0.717) is 31.3 Å². The van der Waals surface area contributed by atoms with E-state index in [2.05, 4.69) is 6.92 Å². The molecule has 0 amide bonds. The fraction of sp³-hybridized carbons (Fsp3) is 0.919. The van der Waals surface area contributed by atoms with Gasteiger partial charge in [-0.25, -0.2) is 4.79 Å². The molecule has 0 unspecified atom stereocenters. The van der Waals surface area contributed by atoms with Crippen LogP contribution in [0.5, 0.6) is 0 Å². The lowest BCUT2D eigenvalue weighted by Gasteiger charge is -2.24. The van der Waals surface area contributed by atoms with Crippen LogP contribution in [0, 0.1) is 0 Å². The Hall–Kier alpha value is -1.03. The highest BCUT2D eigenvalue weighted by Gasteiger charge is 2.36. The molecule has 0 bridgehead atoms. The molecule has 0 aromatic rings. The second-order valence-electron chi connectivity index (χ2n) is 14.2. The molecule has 9 atom stereocenters. The van der Waals surface area contributed by atoms with Gasteiger partial charge < -0.3 is 34.6 Å². The number of hydrogen-bond acceptors (Lipinski definition) is 8. The molecule has 4 N–H and O–H groups in total. The minimum Gasteiger partial charge on any atom is -0.455 e. The lowest BCUT2D eigenvalue weighted by Crippen LogP contribution is -2.33. The van der Waals surface area contributed by atoms with Crippen LogP contribution in [0.4, 0.5) is 0 Å². The summed E-state index contributed by atoms with van der Waals surface area (Å²) in [4.78, 5) is 11.7. The maximum Gasteiger partial charge on any atom is 0.334 e. The van der Waals surface area contributed by atoms with Gasteiger partial charge in [-0.3, -0.25) is 0 Å². The Balaban J connectivity index is 1.16. The van der Waals surface area contributed by atoms with Gasteiger partial charge in [0.1, 0.15) is 6.10 Å². The fourth-order valence-corrected chi connectivity index (χ4v) is 7.26. The SMILES string of the molecule is CCCCCCCCCC[C@H](O)[C@@H]1CC[C@@H]([C@H](O)CC[C@H](O)[C@H]2CC[C@H](CCCCCC[C@H](O)CCC3=C[C@@H](C)OC3=O)O2)O1. The van der Waals surface area contributed by atoms with E-state index in [4.69, 9.17) is 14.2 Å². The summed E-state index contributed by atoms with van der Waals surface area (Å²) < 4.78 is 17.3. The van der Waals surface area contributed by atoms with Crippen LogP contribution in [0.2, 0.25) is 0 Å². The molecule has 3 aliphatic heterocycles. The van der Waals surface area contributed by atoms with Gasteiger partial charge in [-0.1, -0.05) is 84.0 Å². The van der Waals surface area contributed by atoms with Crippen LogP contribution < -0.4 is 0 Å². The fourth-order valence-electron chi connectivity index (χ4n) is 7.26. The van der Waals surface area contributed by atoms with Crippen molar-refractivity contribution in [1.82, 2.24) is 0 Å². The topological polar surface area (TPSA) is 126 Å². The number of aliphatic hydroxyl groups is 4. The number of aliphatic hydroxyl groups excluding tert-OH is 4. The third kappa shape index (κ3) is 14.7. The molecule has 3 aliphatic rings. The van der Waals surface area contributed by atoms with Crippen LogP contribution in [-0.4, -0.2) is 81.3 Å². The van der Waals surface area contributed by atoms with Gasteiger partial charge in [0.2, 0.25) is 0 Å². The average molecular weight is 639 g/mol. The lowest BCUT2D eigenvalue weighted by atomic mass is 9.98. The summed E-state index contributed by atoms with van der Waals surface area (Å²) in [6.45, 7) is 4.09. The van der Waals surface area contributed by atoms with Crippen molar-refractivity contribution in [3.63, 3.8) is 0 Å². The van der Waals surface area contributed by atoms with Crippen LogP contribution in [-0.2, 0) is 19.0 Å². The number of hydrogen-bond donors (Lipinski definition) is 4. The molecule has 45 heavy (non-hydrogen) atoms. The van der Waals surface area contributed by atoms with E-state index < -0.39 is 18.3 Å². The van der Waals surface area contributed by atoms with Crippen molar-refractivity contribution >= 4 is 5.97 Å². The highest BCUT2D eigenvalue weighted by molar-refractivity contribution is 5.90. The molecule has 8 heteroatoms. The van der Waals surface area contributed by atoms with Crippen LogP contribution in [0.1, 0.15) is 162 Å². The smallest absolute Gasteiger partial charge is 0.334 e. The van der Waals surface area contributed by atoms with Gasteiger partial charge in [0.05, 0.1) is 48.8 Å². The predicted octanol–water partition coefficient (Wildman–Crippen LogP) is 6.83. The van der Waals surface area contributed by atoms with E-state index >= 15 is 0 Å². The second-order valence-corrected chi connectivity index (χ2v) is 14.2. The van der Waals surface area contributed by atoms with E-state index in [-0.39, 0.29) is 42.6 Å². The van der Waals surface area contributed by atoms with Gasteiger partial charge in [-0.15, -0.1) is 0 Å².